The molecule has 194 valence electrons. The number of rotatable bonds is 4. The predicted octanol–water partition coefficient (Wildman–Crippen LogP) is 6.77. The van der Waals surface area contributed by atoms with Crippen LogP contribution in [0.4, 0.5) is 5.69 Å². The van der Waals surface area contributed by atoms with E-state index in [9.17, 15) is 4.79 Å². The zero-order chi connectivity index (χ0) is 26.6. The molecule has 5 nitrogen and oxygen atoms in total. The van der Waals surface area contributed by atoms with E-state index in [0.29, 0.717) is 5.58 Å². The van der Waals surface area contributed by atoms with E-state index in [1.54, 1.807) is 11.6 Å². The number of oxazole rings is 1. The molecule has 5 heteroatoms. The van der Waals surface area contributed by atoms with Crippen molar-refractivity contribution in [1.29, 1.82) is 0 Å². The van der Waals surface area contributed by atoms with E-state index >= 15 is 0 Å². The molecule has 0 amide bonds. The fraction of sp³-hybridized carbons (Fsp3) is 0.406. The SMILES string of the molecule is Cc1cccc(-c2cccc(C(C)N3CCN(c4ccc(C)c5c4oc(=O)n5C)C(C)(C)C3C)c2)c1C. The van der Waals surface area contributed by atoms with Crippen LogP contribution in [-0.4, -0.2) is 34.1 Å². The molecule has 4 aromatic rings. The van der Waals surface area contributed by atoms with Crippen molar-refractivity contribution in [2.75, 3.05) is 18.0 Å². The summed E-state index contributed by atoms with van der Waals surface area (Å²) in [6.45, 7) is 17.4. The smallest absolute Gasteiger partial charge is 0.405 e. The second kappa shape index (κ2) is 9.21. The summed E-state index contributed by atoms with van der Waals surface area (Å²) in [5.74, 6) is -0.313. The Morgan fingerprint density at radius 2 is 1.70 bits per heavy atom. The van der Waals surface area contributed by atoms with Crippen molar-refractivity contribution >= 4 is 16.8 Å². The Bertz CT molecular complexity index is 1530. The van der Waals surface area contributed by atoms with Crippen LogP contribution in [0.3, 0.4) is 0 Å². The van der Waals surface area contributed by atoms with E-state index in [2.05, 4.69) is 106 Å². The number of piperazine rings is 1. The molecule has 1 aliphatic rings. The first kappa shape index (κ1) is 25.3. The number of nitrogens with zero attached hydrogens (tertiary/aromatic N) is 3. The highest BCUT2D eigenvalue weighted by molar-refractivity contribution is 5.90. The van der Waals surface area contributed by atoms with Crippen molar-refractivity contribution in [2.45, 2.75) is 66.1 Å². The van der Waals surface area contributed by atoms with Gasteiger partial charge in [-0.05, 0) is 94.0 Å². The minimum absolute atomic E-state index is 0.173. The molecule has 0 radical (unpaired) electrons. The van der Waals surface area contributed by atoms with Crippen molar-refractivity contribution in [3.63, 3.8) is 0 Å². The van der Waals surface area contributed by atoms with Gasteiger partial charge in [-0.15, -0.1) is 0 Å². The summed E-state index contributed by atoms with van der Waals surface area (Å²) in [6.07, 6.45) is 0. The number of hydrogen-bond acceptors (Lipinski definition) is 4. The molecular weight excluding hydrogens is 458 g/mol. The Morgan fingerprint density at radius 1 is 0.973 bits per heavy atom. The summed E-state index contributed by atoms with van der Waals surface area (Å²) in [4.78, 5) is 17.4. The fourth-order valence-electron chi connectivity index (χ4n) is 6.15. The largest absolute Gasteiger partial charge is 0.419 e. The van der Waals surface area contributed by atoms with Crippen LogP contribution < -0.4 is 10.7 Å². The lowest BCUT2D eigenvalue weighted by Gasteiger charge is -2.54. The van der Waals surface area contributed by atoms with Crippen molar-refractivity contribution in [2.24, 2.45) is 7.05 Å². The van der Waals surface area contributed by atoms with Gasteiger partial charge in [0.2, 0.25) is 0 Å². The lowest BCUT2D eigenvalue weighted by molar-refractivity contribution is 0.0747. The van der Waals surface area contributed by atoms with Crippen LogP contribution >= 0.6 is 0 Å². The molecule has 1 aliphatic heterocycles. The highest BCUT2D eigenvalue weighted by Crippen LogP contribution is 2.40. The Balaban J connectivity index is 1.46. The van der Waals surface area contributed by atoms with Crippen molar-refractivity contribution in [1.82, 2.24) is 9.47 Å². The van der Waals surface area contributed by atoms with Gasteiger partial charge in [-0.2, -0.15) is 0 Å². The molecule has 2 atom stereocenters. The summed E-state index contributed by atoms with van der Waals surface area (Å²) in [5.41, 5.74) is 10.0. The van der Waals surface area contributed by atoms with Gasteiger partial charge in [0.1, 0.15) is 0 Å². The first-order valence-electron chi connectivity index (χ1n) is 13.3. The highest BCUT2D eigenvalue weighted by Gasteiger charge is 2.43. The summed E-state index contributed by atoms with van der Waals surface area (Å²) >= 11 is 0. The van der Waals surface area contributed by atoms with Gasteiger partial charge in [-0.3, -0.25) is 9.47 Å². The molecule has 3 aromatic carbocycles. The van der Waals surface area contributed by atoms with Gasteiger partial charge in [0.25, 0.3) is 0 Å². The number of aromatic nitrogens is 1. The maximum Gasteiger partial charge on any atom is 0.419 e. The van der Waals surface area contributed by atoms with Crippen LogP contribution in [0.15, 0.2) is 63.8 Å². The predicted molar refractivity (Wildman–Crippen MR) is 154 cm³/mol. The topological polar surface area (TPSA) is 41.6 Å². The summed E-state index contributed by atoms with van der Waals surface area (Å²) in [7, 11) is 1.78. The molecule has 0 bridgehead atoms. The monoisotopic (exact) mass is 497 g/mol. The Hall–Kier alpha value is -3.31. The maximum atomic E-state index is 12.4. The van der Waals surface area contributed by atoms with Gasteiger partial charge in [-0.25, -0.2) is 4.79 Å². The van der Waals surface area contributed by atoms with E-state index < -0.39 is 0 Å². The minimum Gasteiger partial charge on any atom is -0.405 e. The number of anilines is 1. The van der Waals surface area contributed by atoms with E-state index in [-0.39, 0.29) is 23.4 Å². The summed E-state index contributed by atoms with van der Waals surface area (Å²) < 4.78 is 7.38. The standard InChI is InChI=1S/C32H39N3O2/c1-20-11-9-14-27(22(20)3)26-13-10-12-25(19-26)23(4)34-17-18-35(32(6,7)24(34)5)28-16-15-21(2)29-30(28)37-31(36)33(29)8/h9-16,19,23-24H,17-18H2,1-8H3. The molecule has 1 aromatic heterocycles. The summed E-state index contributed by atoms with van der Waals surface area (Å²) in [5, 5.41) is 0. The van der Waals surface area contributed by atoms with E-state index in [1.807, 2.05) is 6.92 Å². The third kappa shape index (κ3) is 4.10. The molecule has 0 aliphatic carbocycles. The lowest BCUT2D eigenvalue weighted by atomic mass is 9.86. The number of benzene rings is 3. The Kier molecular flexibility index (Phi) is 6.31. The molecule has 1 fully saturated rings. The second-order valence-corrected chi connectivity index (χ2v) is 11.3. The van der Waals surface area contributed by atoms with Crippen molar-refractivity contribution in [3.8, 4) is 11.1 Å². The Labute approximate surface area is 220 Å². The molecule has 0 N–H and O–H groups in total. The number of fused-ring (bicyclic) bond motifs is 1. The molecule has 37 heavy (non-hydrogen) atoms. The first-order chi connectivity index (χ1) is 17.5. The maximum absolute atomic E-state index is 12.4. The average molecular weight is 498 g/mol. The van der Waals surface area contributed by atoms with E-state index in [4.69, 9.17) is 4.42 Å². The molecule has 2 unspecified atom stereocenters. The quantitative estimate of drug-likeness (QED) is 0.312. The average Bonchev–Trinajstić information content (AvgIpc) is 3.18. The minimum atomic E-state index is -0.313. The van der Waals surface area contributed by atoms with Gasteiger partial charge >= 0.3 is 5.76 Å². The zero-order valence-corrected chi connectivity index (χ0v) is 23.4. The van der Waals surface area contributed by atoms with Gasteiger partial charge in [0.05, 0.1) is 11.2 Å². The summed E-state index contributed by atoms with van der Waals surface area (Å²) in [6, 6.07) is 20.3. The molecule has 2 heterocycles. The fourth-order valence-corrected chi connectivity index (χ4v) is 6.15. The number of hydrogen-bond donors (Lipinski definition) is 0. The Morgan fingerprint density at radius 3 is 2.46 bits per heavy atom. The van der Waals surface area contributed by atoms with E-state index in [0.717, 1.165) is 29.9 Å². The lowest BCUT2D eigenvalue weighted by Crippen LogP contribution is -2.65. The van der Waals surface area contributed by atoms with Crippen LogP contribution in [-0.2, 0) is 7.05 Å². The second-order valence-electron chi connectivity index (χ2n) is 11.3. The van der Waals surface area contributed by atoms with Crippen LogP contribution in [0.2, 0.25) is 0 Å². The van der Waals surface area contributed by atoms with Crippen molar-refractivity contribution < 1.29 is 4.42 Å². The van der Waals surface area contributed by atoms with Crippen LogP contribution in [0, 0.1) is 20.8 Å². The van der Waals surface area contributed by atoms with Crippen LogP contribution in [0.5, 0.6) is 0 Å². The molecule has 0 spiro atoms. The molecule has 0 saturated carbocycles. The van der Waals surface area contributed by atoms with Crippen molar-refractivity contribution in [3.05, 3.63) is 87.4 Å². The molecule has 1 saturated heterocycles. The van der Waals surface area contributed by atoms with Crippen LogP contribution in [0.1, 0.15) is 56.0 Å². The zero-order valence-electron chi connectivity index (χ0n) is 23.4. The van der Waals surface area contributed by atoms with Gasteiger partial charge in [0, 0.05) is 37.8 Å². The van der Waals surface area contributed by atoms with Gasteiger partial charge in [0.15, 0.2) is 5.58 Å². The third-order valence-electron chi connectivity index (χ3n) is 8.98. The van der Waals surface area contributed by atoms with Gasteiger partial charge in [-0.1, -0.05) is 42.5 Å². The van der Waals surface area contributed by atoms with E-state index in [1.165, 1.54) is 27.8 Å². The first-order valence-corrected chi connectivity index (χ1v) is 13.3. The van der Waals surface area contributed by atoms with Gasteiger partial charge < -0.3 is 9.32 Å². The third-order valence-corrected chi connectivity index (χ3v) is 8.98. The number of aryl methyl sites for hydroxylation is 3. The van der Waals surface area contributed by atoms with Crippen LogP contribution in [0.25, 0.3) is 22.2 Å². The highest BCUT2D eigenvalue weighted by atomic mass is 16.4. The molecule has 5 rings (SSSR count). The molecular formula is C32H39N3O2. The normalized spacial score (nSPS) is 18.9.